The average molecular weight is 619 g/mol. The predicted molar refractivity (Wildman–Crippen MR) is 173 cm³/mol. The molecule has 0 saturated carbocycles. The van der Waals surface area contributed by atoms with E-state index in [0.717, 1.165) is 33.4 Å². The van der Waals surface area contributed by atoms with E-state index in [-0.39, 0.29) is 30.6 Å². The maximum Gasteiger partial charge on any atom is 0.253 e. The maximum atomic E-state index is 12.6. The van der Waals surface area contributed by atoms with Gasteiger partial charge >= 0.3 is 0 Å². The van der Waals surface area contributed by atoms with E-state index in [2.05, 4.69) is 45.4 Å². The van der Waals surface area contributed by atoms with Crippen molar-refractivity contribution in [1.82, 2.24) is 20.3 Å². The van der Waals surface area contributed by atoms with Gasteiger partial charge in [-0.3, -0.25) is 9.78 Å². The van der Waals surface area contributed by atoms with Crippen molar-refractivity contribution in [3.63, 3.8) is 0 Å². The molecule has 0 radical (unpaired) electrons. The molecule has 1 aliphatic heterocycles. The Hall–Kier alpha value is -4.41. The van der Waals surface area contributed by atoms with Crippen molar-refractivity contribution in [2.24, 2.45) is 5.92 Å². The first-order valence-electron chi connectivity index (χ1n) is 14.9. The van der Waals surface area contributed by atoms with Gasteiger partial charge in [-0.25, -0.2) is 9.97 Å². The summed E-state index contributed by atoms with van der Waals surface area (Å²) in [6, 6.07) is 29.5. The highest BCUT2D eigenvalue weighted by Gasteiger charge is 2.38. The summed E-state index contributed by atoms with van der Waals surface area (Å²) in [5, 5.41) is 13.3. The zero-order valence-corrected chi connectivity index (χ0v) is 25.6. The first-order chi connectivity index (χ1) is 22.1. The number of thioether (sulfide) groups is 1. The largest absolute Gasteiger partial charge is 0.392 e. The number of aliphatic hydroxyl groups is 1. The fraction of sp³-hybridized carbons (Fsp3) is 0.222. The molecule has 1 fully saturated rings. The van der Waals surface area contributed by atoms with Gasteiger partial charge in [-0.15, -0.1) is 0 Å². The van der Waals surface area contributed by atoms with Crippen LogP contribution < -0.4 is 5.32 Å². The number of nitrogens with one attached hydrogen (secondary N) is 1. The van der Waals surface area contributed by atoms with Crippen LogP contribution in [0, 0.1) is 5.92 Å². The number of aliphatic hydroxyl groups excluding tert-OH is 1. The van der Waals surface area contributed by atoms with Gasteiger partial charge in [0.05, 0.1) is 24.4 Å². The van der Waals surface area contributed by atoms with Crippen molar-refractivity contribution in [3.05, 3.63) is 144 Å². The summed E-state index contributed by atoms with van der Waals surface area (Å²) in [4.78, 5) is 25.4. The van der Waals surface area contributed by atoms with E-state index in [1.165, 1.54) is 0 Å². The lowest BCUT2D eigenvalue weighted by Crippen LogP contribution is -2.38. The molecule has 0 bridgehead atoms. The molecular weight excluding hydrogens is 584 g/mol. The number of carbonyl (C=O) groups is 1. The predicted octanol–water partition coefficient (Wildman–Crippen LogP) is 6.54. The van der Waals surface area contributed by atoms with Gasteiger partial charge in [-0.1, -0.05) is 91.5 Å². The third-order valence-corrected chi connectivity index (χ3v) is 8.88. The monoisotopic (exact) mass is 618 g/mol. The molecule has 9 heteroatoms. The summed E-state index contributed by atoms with van der Waals surface area (Å²) in [7, 11) is 0. The zero-order chi connectivity index (χ0) is 31.0. The molecule has 8 nitrogen and oxygen atoms in total. The number of benzene rings is 3. The Labute approximate surface area is 266 Å². The topological polar surface area (TPSA) is 106 Å². The van der Waals surface area contributed by atoms with E-state index in [1.54, 1.807) is 54.7 Å². The van der Waals surface area contributed by atoms with Gasteiger partial charge in [0.25, 0.3) is 5.91 Å². The first-order valence-corrected chi connectivity index (χ1v) is 15.8. The summed E-state index contributed by atoms with van der Waals surface area (Å²) >= 11 is 1.57. The molecule has 6 rings (SSSR count). The minimum Gasteiger partial charge on any atom is -0.392 e. The fourth-order valence-electron chi connectivity index (χ4n) is 5.38. The molecule has 4 atom stereocenters. The SMILES string of the molecule is CC1C(CSc2ncccn2)OC(c2ccc(-c3ccccc3CNC(=O)c3cccnc3)cc2)OC1c1ccc(CO)cc1. The second kappa shape index (κ2) is 14.6. The quantitative estimate of drug-likeness (QED) is 0.134. The minimum absolute atomic E-state index is 0.00418. The average Bonchev–Trinajstić information content (AvgIpc) is 3.11. The summed E-state index contributed by atoms with van der Waals surface area (Å²) in [5.41, 5.74) is 6.40. The van der Waals surface area contributed by atoms with Gasteiger partial charge in [0.15, 0.2) is 11.4 Å². The molecule has 0 aliphatic carbocycles. The van der Waals surface area contributed by atoms with E-state index in [0.29, 0.717) is 23.0 Å². The number of hydrogen-bond donors (Lipinski definition) is 2. The smallest absolute Gasteiger partial charge is 0.253 e. The molecule has 45 heavy (non-hydrogen) atoms. The van der Waals surface area contributed by atoms with Crippen molar-refractivity contribution in [2.75, 3.05) is 5.75 Å². The molecule has 1 aliphatic rings. The highest BCUT2D eigenvalue weighted by atomic mass is 32.2. The Morgan fingerprint density at radius 3 is 2.36 bits per heavy atom. The Morgan fingerprint density at radius 1 is 0.867 bits per heavy atom. The number of rotatable bonds is 10. The third-order valence-electron chi connectivity index (χ3n) is 7.92. The van der Waals surface area contributed by atoms with Crippen LogP contribution >= 0.6 is 11.8 Å². The van der Waals surface area contributed by atoms with Crippen LogP contribution in [0.15, 0.2) is 121 Å². The second-order valence-corrected chi connectivity index (χ2v) is 11.9. The van der Waals surface area contributed by atoms with E-state index in [4.69, 9.17) is 9.47 Å². The lowest BCUT2D eigenvalue weighted by molar-refractivity contribution is -0.268. The van der Waals surface area contributed by atoms with Crippen molar-refractivity contribution < 1.29 is 19.4 Å². The summed E-state index contributed by atoms with van der Waals surface area (Å²) in [5.74, 6) is 0.568. The molecule has 3 aromatic carbocycles. The van der Waals surface area contributed by atoms with Crippen LogP contribution in [0.1, 0.15) is 51.9 Å². The Balaban J connectivity index is 1.21. The Bertz CT molecular complexity index is 1690. The molecule has 2 N–H and O–H groups in total. The van der Waals surface area contributed by atoms with Gasteiger partial charge in [0, 0.05) is 48.6 Å². The molecular formula is C36H34N4O4S. The number of ether oxygens (including phenoxy) is 2. The van der Waals surface area contributed by atoms with Gasteiger partial charge in [0.2, 0.25) is 0 Å². The van der Waals surface area contributed by atoms with Crippen molar-refractivity contribution in [3.8, 4) is 11.1 Å². The lowest BCUT2D eigenvalue weighted by Gasteiger charge is -2.41. The van der Waals surface area contributed by atoms with E-state index in [9.17, 15) is 9.90 Å². The van der Waals surface area contributed by atoms with Crippen LogP contribution in [0.2, 0.25) is 0 Å². The van der Waals surface area contributed by atoms with Crippen molar-refractivity contribution >= 4 is 17.7 Å². The van der Waals surface area contributed by atoms with Crippen LogP contribution in [-0.2, 0) is 22.6 Å². The summed E-state index contributed by atoms with van der Waals surface area (Å²) < 4.78 is 13.2. The summed E-state index contributed by atoms with van der Waals surface area (Å²) in [6.07, 6.45) is 5.79. The molecule has 228 valence electrons. The van der Waals surface area contributed by atoms with Crippen LogP contribution in [0.4, 0.5) is 0 Å². The van der Waals surface area contributed by atoms with Crippen LogP contribution in [0.25, 0.3) is 11.1 Å². The zero-order valence-electron chi connectivity index (χ0n) is 24.8. The van der Waals surface area contributed by atoms with Crippen molar-refractivity contribution in [2.45, 2.75) is 43.7 Å². The van der Waals surface area contributed by atoms with Crippen LogP contribution in [0.5, 0.6) is 0 Å². The normalized spacial score (nSPS) is 19.6. The first kappa shape index (κ1) is 30.6. The molecule has 3 heterocycles. The number of pyridine rings is 1. The number of aromatic nitrogens is 3. The minimum atomic E-state index is -0.575. The van der Waals surface area contributed by atoms with Gasteiger partial charge in [-0.05, 0) is 46.0 Å². The molecule has 5 aromatic rings. The van der Waals surface area contributed by atoms with Gasteiger partial charge in [-0.2, -0.15) is 0 Å². The highest BCUT2D eigenvalue weighted by molar-refractivity contribution is 7.99. The number of carbonyl (C=O) groups excluding carboxylic acids is 1. The van der Waals surface area contributed by atoms with E-state index in [1.807, 2.05) is 54.6 Å². The van der Waals surface area contributed by atoms with Gasteiger partial charge in [0.1, 0.15) is 0 Å². The standard InChI is InChI=1S/C36H34N4O4S/c1-24-32(23-45-36-38-18-5-19-39-36)43-35(44-33(24)27-11-9-25(22-41)10-12-27)28-15-13-26(14-16-28)31-8-3-2-6-29(31)21-40-34(42)30-7-4-17-37-20-30/h2-20,24,32-33,35,41H,21-23H2,1H3,(H,40,42). The van der Waals surface area contributed by atoms with Gasteiger partial charge < -0.3 is 19.9 Å². The molecule has 4 unspecified atom stereocenters. The van der Waals surface area contributed by atoms with Crippen molar-refractivity contribution in [1.29, 1.82) is 0 Å². The van der Waals surface area contributed by atoms with E-state index < -0.39 is 6.29 Å². The van der Waals surface area contributed by atoms with Crippen LogP contribution in [0.3, 0.4) is 0 Å². The molecule has 1 saturated heterocycles. The molecule has 1 amide bonds. The molecule has 2 aromatic heterocycles. The third kappa shape index (κ3) is 7.46. The number of nitrogens with zero attached hydrogens (tertiary/aromatic N) is 3. The highest BCUT2D eigenvalue weighted by Crippen LogP contribution is 2.43. The number of amides is 1. The fourth-order valence-corrected chi connectivity index (χ4v) is 6.34. The lowest BCUT2D eigenvalue weighted by atomic mass is 9.91. The van der Waals surface area contributed by atoms with Crippen LogP contribution in [-0.4, -0.2) is 37.8 Å². The summed E-state index contributed by atoms with van der Waals surface area (Å²) in [6.45, 7) is 2.53. The Kier molecular flexibility index (Phi) is 9.92. The Morgan fingerprint density at radius 2 is 1.62 bits per heavy atom. The number of hydrogen-bond acceptors (Lipinski definition) is 8. The van der Waals surface area contributed by atoms with E-state index >= 15 is 0 Å². The molecule has 0 spiro atoms. The maximum absolute atomic E-state index is 12.6. The second-order valence-electron chi connectivity index (χ2n) is 10.9.